The van der Waals surface area contributed by atoms with Gasteiger partial charge in [0, 0.05) is 18.5 Å². The van der Waals surface area contributed by atoms with Gasteiger partial charge in [-0.15, -0.1) is 0 Å². The molecule has 2 N–H and O–H groups in total. The van der Waals surface area contributed by atoms with Gasteiger partial charge in [0.1, 0.15) is 7.14 Å². The highest BCUT2D eigenvalue weighted by Crippen LogP contribution is 2.34. The Morgan fingerprint density at radius 1 is 1.31 bits per heavy atom. The van der Waals surface area contributed by atoms with Gasteiger partial charge < -0.3 is 15.0 Å². The minimum absolute atomic E-state index is 0.0194. The molecular weight excluding hydrogens is 221 g/mol. The summed E-state index contributed by atoms with van der Waals surface area (Å²) >= 11 is 0. The van der Waals surface area contributed by atoms with E-state index in [4.69, 9.17) is 10.5 Å². The second kappa shape index (κ2) is 5.62. The Morgan fingerprint density at radius 3 is 2.31 bits per heavy atom. The molecule has 0 radical (unpaired) electrons. The maximum absolute atomic E-state index is 11.8. The molecule has 0 aliphatic rings. The molecule has 0 aromatic heterocycles. The highest BCUT2D eigenvalue weighted by Gasteiger charge is 2.10. The van der Waals surface area contributed by atoms with Crippen LogP contribution < -0.4 is 11.0 Å². The molecule has 1 atom stereocenters. The van der Waals surface area contributed by atoms with E-state index in [1.807, 2.05) is 24.3 Å². The second-order valence-corrected chi connectivity index (χ2v) is 7.65. The number of hydrogen-bond acceptors (Lipinski definition) is 3. The Bertz CT molecular complexity index is 369. The van der Waals surface area contributed by atoms with Crippen LogP contribution in [0.2, 0.25) is 0 Å². The number of rotatable bonds is 5. The van der Waals surface area contributed by atoms with Gasteiger partial charge in [-0.3, -0.25) is 0 Å². The lowest BCUT2D eigenvalue weighted by Crippen LogP contribution is -2.28. The third kappa shape index (κ3) is 4.09. The van der Waals surface area contributed by atoms with E-state index < -0.39 is 7.14 Å². The topological polar surface area (TPSA) is 52.3 Å². The number of benzene rings is 1. The molecule has 16 heavy (non-hydrogen) atoms. The van der Waals surface area contributed by atoms with Crippen molar-refractivity contribution in [3.05, 3.63) is 29.8 Å². The van der Waals surface area contributed by atoms with Gasteiger partial charge in [0.25, 0.3) is 0 Å². The van der Waals surface area contributed by atoms with Crippen LogP contribution in [0.5, 0.6) is 0 Å². The van der Waals surface area contributed by atoms with Crippen LogP contribution in [0.15, 0.2) is 24.3 Å². The summed E-state index contributed by atoms with van der Waals surface area (Å²) in [6.45, 7) is 4.11. The zero-order valence-electron chi connectivity index (χ0n) is 10.1. The molecule has 0 aliphatic heterocycles. The van der Waals surface area contributed by atoms with E-state index >= 15 is 0 Å². The van der Waals surface area contributed by atoms with Crippen LogP contribution in [0, 0.1) is 0 Å². The molecule has 0 saturated carbocycles. The lowest BCUT2D eigenvalue weighted by Gasteiger charge is -2.11. The standard InChI is InChI=1S/C12H20NO2P/c1-15-9-11(13)8-10-4-6-12(7-5-10)16(2,3)14/h4-7,11H,8-9,13H2,1-3H3. The summed E-state index contributed by atoms with van der Waals surface area (Å²) in [7, 11) is -0.495. The average molecular weight is 241 g/mol. The molecule has 0 spiro atoms. The van der Waals surface area contributed by atoms with Crippen molar-refractivity contribution in [1.29, 1.82) is 0 Å². The van der Waals surface area contributed by atoms with Gasteiger partial charge >= 0.3 is 0 Å². The molecule has 0 aliphatic carbocycles. The highest BCUT2D eigenvalue weighted by atomic mass is 31.2. The van der Waals surface area contributed by atoms with Gasteiger partial charge in [-0.05, 0) is 25.3 Å². The van der Waals surface area contributed by atoms with E-state index in [9.17, 15) is 4.57 Å². The Labute approximate surface area is 97.4 Å². The molecule has 0 amide bonds. The normalized spacial score (nSPS) is 13.8. The first kappa shape index (κ1) is 13.4. The summed E-state index contributed by atoms with van der Waals surface area (Å²) in [6, 6.07) is 7.85. The van der Waals surface area contributed by atoms with Crippen molar-refractivity contribution in [2.75, 3.05) is 27.0 Å². The molecule has 3 nitrogen and oxygen atoms in total. The van der Waals surface area contributed by atoms with Gasteiger partial charge in [0.2, 0.25) is 0 Å². The lowest BCUT2D eigenvalue weighted by molar-refractivity contribution is 0.180. The Morgan fingerprint density at radius 2 is 1.88 bits per heavy atom. The monoisotopic (exact) mass is 241 g/mol. The second-order valence-electron chi connectivity index (χ2n) is 4.44. The third-order valence-corrected chi connectivity index (χ3v) is 3.98. The minimum Gasteiger partial charge on any atom is -0.383 e. The fourth-order valence-electron chi connectivity index (χ4n) is 1.57. The summed E-state index contributed by atoms with van der Waals surface area (Å²) in [5.41, 5.74) is 7.01. The van der Waals surface area contributed by atoms with Gasteiger partial charge in [-0.2, -0.15) is 0 Å². The Kier molecular flexibility index (Phi) is 4.72. The molecule has 4 heteroatoms. The first-order valence-corrected chi connectivity index (χ1v) is 7.92. The van der Waals surface area contributed by atoms with Crippen molar-refractivity contribution in [3.63, 3.8) is 0 Å². The van der Waals surface area contributed by atoms with Crippen LogP contribution in [0.4, 0.5) is 0 Å². The lowest BCUT2D eigenvalue weighted by atomic mass is 10.1. The quantitative estimate of drug-likeness (QED) is 0.794. The maximum atomic E-state index is 11.8. The van der Waals surface area contributed by atoms with Crippen LogP contribution in [0.3, 0.4) is 0 Å². The molecule has 0 fully saturated rings. The first-order chi connectivity index (χ1) is 7.43. The Hall–Kier alpha value is -0.630. The molecule has 90 valence electrons. The molecular formula is C12H20NO2P. The summed E-state index contributed by atoms with van der Waals surface area (Å²) in [6.07, 6.45) is 0.784. The summed E-state index contributed by atoms with van der Waals surface area (Å²) in [4.78, 5) is 0. The zero-order valence-corrected chi connectivity index (χ0v) is 11.0. The van der Waals surface area contributed by atoms with Crippen molar-refractivity contribution in [2.24, 2.45) is 5.73 Å². The first-order valence-electron chi connectivity index (χ1n) is 5.32. The predicted molar refractivity (Wildman–Crippen MR) is 69.1 cm³/mol. The zero-order chi connectivity index (χ0) is 12.2. The van der Waals surface area contributed by atoms with Gasteiger partial charge in [-0.25, -0.2) is 0 Å². The van der Waals surface area contributed by atoms with Crippen molar-refractivity contribution in [3.8, 4) is 0 Å². The molecule has 1 aromatic carbocycles. The van der Waals surface area contributed by atoms with Crippen molar-refractivity contribution in [2.45, 2.75) is 12.5 Å². The maximum Gasteiger partial charge on any atom is 0.109 e. The number of nitrogens with two attached hydrogens (primary N) is 1. The summed E-state index contributed by atoms with van der Waals surface area (Å²) < 4.78 is 16.8. The van der Waals surface area contributed by atoms with Crippen molar-refractivity contribution in [1.82, 2.24) is 0 Å². The van der Waals surface area contributed by atoms with Gasteiger partial charge in [0.15, 0.2) is 0 Å². The average Bonchev–Trinajstić information content (AvgIpc) is 2.17. The fraction of sp³-hybridized carbons (Fsp3) is 0.500. The number of ether oxygens (including phenoxy) is 1. The SMILES string of the molecule is COCC(N)Cc1ccc(P(C)(C)=O)cc1. The van der Waals surface area contributed by atoms with E-state index in [1.165, 1.54) is 0 Å². The highest BCUT2D eigenvalue weighted by molar-refractivity contribution is 7.70. The van der Waals surface area contributed by atoms with Gasteiger partial charge in [-0.1, -0.05) is 24.3 Å². The number of methoxy groups -OCH3 is 1. The fourth-order valence-corrected chi connectivity index (χ4v) is 2.43. The molecule has 0 heterocycles. The number of hydrogen-bond donors (Lipinski definition) is 1. The Balaban J connectivity index is 2.69. The molecule has 0 bridgehead atoms. The molecule has 1 aromatic rings. The van der Waals surface area contributed by atoms with E-state index in [0.717, 1.165) is 17.3 Å². The third-order valence-electron chi connectivity index (χ3n) is 2.44. The van der Waals surface area contributed by atoms with E-state index in [-0.39, 0.29) is 6.04 Å². The van der Waals surface area contributed by atoms with E-state index in [1.54, 1.807) is 20.4 Å². The van der Waals surface area contributed by atoms with E-state index in [0.29, 0.717) is 6.61 Å². The van der Waals surface area contributed by atoms with Gasteiger partial charge in [0.05, 0.1) is 6.61 Å². The molecule has 0 saturated heterocycles. The van der Waals surface area contributed by atoms with Crippen LogP contribution in [0.1, 0.15) is 5.56 Å². The summed E-state index contributed by atoms with van der Waals surface area (Å²) in [5.74, 6) is 0. The van der Waals surface area contributed by atoms with E-state index in [2.05, 4.69) is 0 Å². The largest absolute Gasteiger partial charge is 0.383 e. The molecule has 1 rings (SSSR count). The molecule has 1 unspecified atom stereocenters. The predicted octanol–water partition coefficient (Wildman–Crippen LogP) is 1.45. The van der Waals surface area contributed by atoms with Crippen LogP contribution >= 0.6 is 7.14 Å². The van der Waals surface area contributed by atoms with Crippen molar-refractivity contribution < 1.29 is 9.30 Å². The summed E-state index contributed by atoms with van der Waals surface area (Å²) in [5, 5.41) is 0.913. The van der Waals surface area contributed by atoms with Crippen molar-refractivity contribution >= 4 is 12.4 Å². The smallest absolute Gasteiger partial charge is 0.109 e. The van der Waals surface area contributed by atoms with Crippen LogP contribution in [0.25, 0.3) is 0 Å². The van der Waals surface area contributed by atoms with Crippen LogP contribution in [-0.2, 0) is 15.7 Å². The minimum atomic E-state index is -2.14. The van der Waals surface area contributed by atoms with Crippen LogP contribution in [-0.4, -0.2) is 33.1 Å².